The lowest BCUT2D eigenvalue weighted by molar-refractivity contribution is 0.0698. The number of phenols is 1. The Labute approximate surface area is 138 Å². The second kappa shape index (κ2) is 6.31. The van der Waals surface area contributed by atoms with Gasteiger partial charge in [-0.1, -0.05) is 11.6 Å². The summed E-state index contributed by atoms with van der Waals surface area (Å²) in [4.78, 5) is 23.2. The van der Waals surface area contributed by atoms with Crippen LogP contribution in [0.2, 0.25) is 5.02 Å². The van der Waals surface area contributed by atoms with Gasteiger partial charge in [-0.05, 0) is 59.0 Å². The highest BCUT2D eigenvalue weighted by Gasteiger charge is 2.15. The first-order valence-electron chi connectivity index (χ1n) is 5.71. The highest BCUT2D eigenvalue weighted by molar-refractivity contribution is 14.1. The minimum atomic E-state index is -1.17. The van der Waals surface area contributed by atoms with Gasteiger partial charge in [0.2, 0.25) is 0 Å². The third-order valence-corrected chi connectivity index (χ3v) is 3.82. The highest BCUT2D eigenvalue weighted by Crippen LogP contribution is 2.24. The molecule has 0 fully saturated rings. The number of benzene rings is 2. The van der Waals surface area contributed by atoms with Gasteiger partial charge in [-0.15, -0.1) is 0 Å². The van der Waals surface area contributed by atoms with Gasteiger partial charge < -0.3 is 15.5 Å². The van der Waals surface area contributed by atoms with Crippen LogP contribution >= 0.6 is 34.2 Å². The molecular formula is C14H9ClINO4. The molecule has 7 heteroatoms. The van der Waals surface area contributed by atoms with Crippen LogP contribution in [0.25, 0.3) is 0 Å². The molecular weight excluding hydrogens is 409 g/mol. The van der Waals surface area contributed by atoms with Crippen molar-refractivity contribution in [1.82, 2.24) is 0 Å². The minimum Gasteiger partial charge on any atom is -0.507 e. The number of carbonyl (C=O) groups excluding carboxylic acids is 1. The van der Waals surface area contributed by atoms with Crippen LogP contribution in [-0.2, 0) is 0 Å². The van der Waals surface area contributed by atoms with Crippen LogP contribution in [0, 0.1) is 3.57 Å². The van der Waals surface area contributed by atoms with Crippen LogP contribution in [0.1, 0.15) is 20.7 Å². The Morgan fingerprint density at radius 2 is 1.86 bits per heavy atom. The van der Waals surface area contributed by atoms with Crippen molar-refractivity contribution >= 4 is 51.8 Å². The molecule has 0 aliphatic carbocycles. The standard InChI is InChI=1S/C14H9ClINO4/c15-8-2-3-9(14(20)21)11(6-8)17-13(19)7-1-4-10(16)12(18)5-7/h1-6,18H,(H,17,19)(H,20,21). The molecule has 0 saturated heterocycles. The number of hydrogen-bond acceptors (Lipinski definition) is 3. The molecule has 0 aromatic heterocycles. The van der Waals surface area contributed by atoms with Crippen LogP contribution in [0.5, 0.6) is 5.75 Å². The summed E-state index contributed by atoms with van der Waals surface area (Å²) < 4.78 is 0.609. The van der Waals surface area contributed by atoms with Crippen molar-refractivity contribution in [1.29, 1.82) is 0 Å². The van der Waals surface area contributed by atoms with E-state index in [4.69, 9.17) is 16.7 Å². The molecule has 5 nitrogen and oxygen atoms in total. The molecule has 0 heterocycles. The van der Waals surface area contributed by atoms with E-state index in [0.29, 0.717) is 8.59 Å². The minimum absolute atomic E-state index is 0.0206. The molecule has 108 valence electrons. The summed E-state index contributed by atoms with van der Waals surface area (Å²) in [5.74, 6) is -1.73. The molecule has 2 rings (SSSR count). The van der Waals surface area contributed by atoms with Gasteiger partial charge >= 0.3 is 5.97 Å². The zero-order valence-corrected chi connectivity index (χ0v) is 13.3. The van der Waals surface area contributed by atoms with E-state index < -0.39 is 11.9 Å². The number of anilines is 1. The van der Waals surface area contributed by atoms with Crippen molar-refractivity contribution in [2.75, 3.05) is 5.32 Å². The van der Waals surface area contributed by atoms with Gasteiger partial charge in [-0.3, -0.25) is 4.79 Å². The Balaban J connectivity index is 2.33. The Morgan fingerprint density at radius 3 is 2.48 bits per heavy atom. The summed E-state index contributed by atoms with van der Waals surface area (Å²) in [5.41, 5.74) is 0.241. The van der Waals surface area contributed by atoms with E-state index in [-0.39, 0.29) is 22.6 Å². The zero-order valence-electron chi connectivity index (χ0n) is 10.4. The molecule has 0 bridgehead atoms. The maximum atomic E-state index is 12.1. The quantitative estimate of drug-likeness (QED) is 0.666. The lowest BCUT2D eigenvalue weighted by atomic mass is 10.1. The van der Waals surface area contributed by atoms with Gasteiger partial charge in [0.1, 0.15) is 5.75 Å². The van der Waals surface area contributed by atoms with E-state index in [1.165, 1.54) is 30.3 Å². The fraction of sp³-hybridized carbons (Fsp3) is 0. The normalized spacial score (nSPS) is 10.2. The summed E-state index contributed by atoms with van der Waals surface area (Å²) in [7, 11) is 0. The Bertz CT molecular complexity index is 733. The smallest absolute Gasteiger partial charge is 0.337 e. The Morgan fingerprint density at radius 1 is 1.14 bits per heavy atom. The van der Waals surface area contributed by atoms with Crippen molar-refractivity contribution in [3.05, 3.63) is 56.1 Å². The van der Waals surface area contributed by atoms with E-state index in [0.717, 1.165) is 0 Å². The number of hydrogen-bond donors (Lipinski definition) is 3. The van der Waals surface area contributed by atoms with Crippen LogP contribution < -0.4 is 5.32 Å². The van der Waals surface area contributed by atoms with E-state index in [2.05, 4.69) is 5.32 Å². The van der Waals surface area contributed by atoms with Crippen molar-refractivity contribution in [2.45, 2.75) is 0 Å². The third-order valence-electron chi connectivity index (χ3n) is 2.67. The van der Waals surface area contributed by atoms with E-state index in [1.54, 1.807) is 6.07 Å². The van der Waals surface area contributed by atoms with E-state index in [1.807, 2.05) is 22.6 Å². The molecule has 0 spiro atoms. The average Bonchev–Trinajstić information content (AvgIpc) is 2.41. The molecule has 0 aliphatic rings. The van der Waals surface area contributed by atoms with E-state index in [9.17, 15) is 14.7 Å². The average molecular weight is 418 g/mol. The van der Waals surface area contributed by atoms with Crippen molar-refractivity contribution < 1.29 is 19.8 Å². The largest absolute Gasteiger partial charge is 0.507 e. The first-order valence-corrected chi connectivity index (χ1v) is 7.17. The number of amides is 1. The molecule has 3 N–H and O–H groups in total. The monoisotopic (exact) mass is 417 g/mol. The predicted octanol–water partition coefficient (Wildman–Crippen LogP) is 3.60. The molecule has 2 aromatic carbocycles. The molecule has 0 aliphatic heterocycles. The van der Waals surface area contributed by atoms with Gasteiger partial charge in [-0.2, -0.15) is 0 Å². The lowest BCUT2D eigenvalue weighted by Crippen LogP contribution is -2.14. The fourth-order valence-electron chi connectivity index (χ4n) is 1.65. The lowest BCUT2D eigenvalue weighted by Gasteiger charge is -2.09. The number of phenolic OH excluding ortho intramolecular Hbond substituents is 1. The maximum Gasteiger partial charge on any atom is 0.337 e. The van der Waals surface area contributed by atoms with Crippen LogP contribution in [0.4, 0.5) is 5.69 Å². The second-order valence-corrected chi connectivity index (χ2v) is 5.71. The van der Waals surface area contributed by atoms with Crippen molar-refractivity contribution in [2.24, 2.45) is 0 Å². The Kier molecular flexibility index (Phi) is 4.69. The molecule has 0 atom stereocenters. The molecule has 0 saturated carbocycles. The predicted molar refractivity (Wildman–Crippen MR) is 87.2 cm³/mol. The first kappa shape index (κ1) is 15.6. The number of carboxylic acid groups (broad SMARTS) is 1. The SMILES string of the molecule is O=C(Nc1cc(Cl)ccc1C(=O)O)c1ccc(I)c(O)c1. The summed E-state index contributed by atoms with van der Waals surface area (Å²) in [6, 6.07) is 8.52. The third kappa shape index (κ3) is 3.64. The van der Waals surface area contributed by atoms with E-state index >= 15 is 0 Å². The molecule has 0 unspecified atom stereocenters. The van der Waals surface area contributed by atoms with Crippen molar-refractivity contribution in [3.63, 3.8) is 0 Å². The maximum absolute atomic E-state index is 12.1. The van der Waals surface area contributed by atoms with Gasteiger partial charge in [0.15, 0.2) is 0 Å². The first-order chi connectivity index (χ1) is 9.88. The van der Waals surface area contributed by atoms with Crippen LogP contribution in [-0.4, -0.2) is 22.1 Å². The summed E-state index contributed by atoms with van der Waals surface area (Å²) >= 11 is 7.74. The fourth-order valence-corrected chi connectivity index (χ4v) is 2.16. The van der Waals surface area contributed by atoms with Gasteiger partial charge in [0.25, 0.3) is 5.91 Å². The van der Waals surface area contributed by atoms with Crippen LogP contribution in [0.3, 0.4) is 0 Å². The summed E-state index contributed by atoms with van der Waals surface area (Å²) in [6.07, 6.45) is 0. The van der Waals surface area contributed by atoms with Crippen molar-refractivity contribution in [3.8, 4) is 5.75 Å². The van der Waals surface area contributed by atoms with Gasteiger partial charge in [0.05, 0.1) is 14.8 Å². The molecule has 21 heavy (non-hydrogen) atoms. The number of aromatic carboxylic acids is 1. The number of nitrogens with one attached hydrogen (secondary N) is 1. The Hall–Kier alpha value is -1.80. The summed E-state index contributed by atoms with van der Waals surface area (Å²) in [5, 5.41) is 21.5. The number of carboxylic acids is 1. The number of carbonyl (C=O) groups is 2. The number of halogens is 2. The molecule has 0 radical (unpaired) electrons. The summed E-state index contributed by atoms with van der Waals surface area (Å²) in [6.45, 7) is 0. The van der Waals surface area contributed by atoms with Crippen LogP contribution in [0.15, 0.2) is 36.4 Å². The number of rotatable bonds is 3. The topological polar surface area (TPSA) is 86.6 Å². The molecule has 2 aromatic rings. The van der Waals surface area contributed by atoms with Gasteiger partial charge in [-0.25, -0.2) is 4.79 Å². The highest BCUT2D eigenvalue weighted by atomic mass is 127. The van der Waals surface area contributed by atoms with Gasteiger partial charge in [0, 0.05) is 10.6 Å². The second-order valence-electron chi connectivity index (χ2n) is 4.12. The number of aromatic hydroxyl groups is 1. The zero-order chi connectivity index (χ0) is 15.6. The molecule has 1 amide bonds.